The largest absolute Gasteiger partial charge is 0.393 e. The third-order valence-corrected chi connectivity index (χ3v) is 4.03. The first-order valence-corrected chi connectivity index (χ1v) is 6.46. The first-order valence-electron chi connectivity index (χ1n) is 6.46. The number of aliphatic hydroxyl groups excluding tert-OH is 1. The molecule has 0 aromatic carbocycles. The van der Waals surface area contributed by atoms with E-state index in [1.165, 1.54) is 6.33 Å². The van der Waals surface area contributed by atoms with Crippen LogP contribution in [0.5, 0.6) is 0 Å². The quantitative estimate of drug-likeness (QED) is 0.807. The smallest absolute Gasteiger partial charge is 0.167 e. The number of hydrogen-bond acceptors (Lipinski definition) is 6. The molecular formula is C13H17N5O2. The van der Waals surface area contributed by atoms with Crippen LogP contribution >= 0.6 is 0 Å². The summed E-state index contributed by atoms with van der Waals surface area (Å²) < 4.78 is 7.83. The lowest BCUT2D eigenvalue weighted by Gasteiger charge is -2.27. The van der Waals surface area contributed by atoms with E-state index in [-0.39, 0.29) is 18.8 Å². The summed E-state index contributed by atoms with van der Waals surface area (Å²) in [5.41, 5.74) is 6.25. The molecule has 1 aliphatic rings. The molecule has 3 atom stereocenters. The maximum absolute atomic E-state index is 9.59. The first-order chi connectivity index (χ1) is 9.61. The van der Waals surface area contributed by atoms with E-state index in [1.807, 2.05) is 11.5 Å². The zero-order chi connectivity index (χ0) is 14.3. The van der Waals surface area contributed by atoms with Gasteiger partial charge in [-0.1, -0.05) is 13.0 Å². The third kappa shape index (κ3) is 1.70. The van der Waals surface area contributed by atoms with Gasteiger partial charge >= 0.3 is 0 Å². The molecule has 0 saturated carbocycles. The topological polar surface area (TPSA) is 99.1 Å². The highest BCUT2D eigenvalue weighted by molar-refractivity contribution is 5.81. The number of rotatable bonds is 3. The fraction of sp³-hybridized carbons (Fsp3) is 0.462. The lowest BCUT2D eigenvalue weighted by Crippen LogP contribution is -2.35. The second-order valence-corrected chi connectivity index (χ2v) is 5.11. The zero-order valence-electron chi connectivity index (χ0n) is 11.2. The van der Waals surface area contributed by atoms with Gasteiger partial charge < -0.3 is 15.6 Å². The van der Waals surface area contributed by atoms with E-state index in [0.29, 0.717) is 17.0 Å². The van der Waals surface area contributed by atoms with E-state index in [2.05, 4.69) is 21.5 Å². The molecule has 1 aliphatic heterocycles. The second-order valence-electron chi connectivity index (χ2n) is 5.11. The minimum Gasteiger partial charge on any atom is -0.393 e. The van der Waals surface area contributed by atoms with E-state index in [1.54, 1.807) is 12.4 Å². The molecule has 3 heterocycles. The van der Waals surface area contributed by atoms with E-state index >= 15 is 0 Å². The summed E-state index contributed by atoms with van der Waals surface area (Å²) in [7, 11) is 0. The number of imidazole rings is 1. The first kappa shape index (κ1) is 13.0. The van der Waals surface area contributed by atoms with Crippen molar-refractivity contribution in [2.75, 3.05) is 12.3 Å². The van der Waals surface area contributed by atoms with Crippen LogP contribution < -0.4 is 5.73 Å². The molecular weight excluding hydrogens is 258 g/mol. The molecule has 7 heteroatoms. The molecule has 0 radical (unpaired) electrons. The van der Waals surface area contributed by atoms with Gasteiger partial charge in [-0.25, -0.2) is 15.0 Å². The zero-order valence-corrected chi connectivity index (χ0v) is 11.2. The molecule has 3 unspecified atom stereocenters. The Bertz CT molecular complexity index is 655. The van der Waals surface area contributed by atoms with Crippen LogP contribution in [0.25, 0.3) is 11.2 Å². The van der Waals surface area contributed by atoms with Gasteiger partial charge in [-0.15, -0.1) is 6.58 Å². The van der Waals surface area contributed by atoms with Crippen LogP contribution in [0, 0.1) is 5.92 Å². The summed E-state index contributed by atoms with van der Waals surface area (Å²) in [6.45, 7) is 5.70. The second kappa shape index (κ2) is 4.53. The number of fused-ring (bicyclic) bond motifs is 1. The number of nitrogen functional groups attached to an aromatic ring is 1. The number of nitrogens with zero attached hydrogens (tertiary/aromatic N) is 4. The van der Waals surface area contributed by atoms with Crippen molar-refractivity contribution in [1.82, 2.24) is 19.5 Å². The van der Waals surface area contributed by atoms with Crippen LogP contribution in [0.3, 0.4) is 0 Å². The summed E-state index contributed by atoms with van der Waals surface area (Å²) in [6, 6.07) is 0. The molecule has 0 spiro atoms. The predicted molar refractivity (Wildman–Crippen MR) is 73.7 cm³/mol. The summed E-state index contributed by atoms with van der Waals surface area (Å²) in [6.07, 6.45) is 5.20. The monoisotopic (exact) mass is 275 g/mol. The number of ether oxygens (including phenoxy) is 1. The number of aliphatic hydroxyl groups is 1. The van der Waals surface area contributed by atoms with E-state index in [9.17, 15) is 5.11 Å². The molecule has 20 heavy (non-hydrogen) atoms. The normalized spacial score (nSPS) is 29.9. The third-order valence-electron chi connectivity index (χ3n) is 4.03. The maximum Gasteiger partial charge on any atom is 0.167 e. The van der Waals surface area contributed by atoms with Crippen LogP contribution in [0.2, 0.25) is 0 Å². The fourth-order valence-electron chi connectivity index (χ4n) is 2.68. The minimum absolute atomic E-state index is 0.0993. The van der Waals surface area contributed by atoms with Crippen molar-refractivity contribution in [1.29, 1.82) is 0 Å². The minimum atomic E-state index is -0.722. The SMILES string of the molecule is C=CC1(CO)OC(n2cnc3c(N)ncnc32)CC1C. The predicted octanol–water partition coefficient (Wildman–Crippen LogP) is 0.881. The maximum atomic E-state index is 9.59. The molecule has 3 rings (SSSR count). The van der Waals surface area contributed by atoms with Gasteiger partial charge in [-0.3, -0.25) is 4.57 Å². The number of anilines is 1. The Kier molecular flexibility index (Phi) is 2.95. The molecule has 0 bridgehead atoms. The highest BCUT2D eigenvalue weighted by Crippen LogP contribution is 2.42. The highest BCUT2D eigenvalue weighted by Gasteiger charge is 2.44. The van der Waals surface area contributed by atoms with Gasteiger partial charge in [-0.2, -0.15) is 0 Å². The Labute approximate surface area is 116 Å². The van der Waals surface area contributed by atoms with Crippen molar-refractivity contribution in [2.24, 2.45) is 5.92 Å². The van der Waals surface area contributed by atoms with E-state index in [0.717, 1.165) is 6.42 Å². The van der Waals surface area contributed by atoms with Crippen LogP contribution in [-0.4, -0.2) is 36.8 Å². The van der Waals surface area contributed by atoms with Crippen molar-refractivity contribution in [3.63, 3.8) is 0 Å². The molecule has 2 aromatic rings. The van der Waals surface area contributed by atoms with Crippen LogP contribution in [0.4, 0.5) is 5.82 Å². The molecule has 1 saturated heterocycles. The Morgan fingerprint density at radius 2 is 2.40 bits per heavy atom. The van der Waals surface area contributed by atoms with Crippen LogP contribution in [0.15, 0.2) is 25.3 Å². The van der Waals surface area contributed by atoms with E-state index in [4.69, 9.17) is 10.5 Å². The van der Waals surface area contributed by atoms with Gasteiger partial charge in [0.05, 0.1) is 12.9 Å². The fourth-order valence-corrected chi connectivity index (χ4v) is 2.68. The number of aromatic nitrogens is 4. The molecule has 1 fully saturated rings. The molecule has 7 nitrogen and oxygen atoms in total. The van der Waals surface area contributed by atoms with Crippen molar-refractivity contribution < 1.29 is 9.84 Å². The van der Waals surface area contributed by atoms with Gasteiger partial charge in [0.25, 0.3) is 0 Å². The lowest BCUT2D eigenvalue weighted by molar-refractivity contribution is -0.0777. The van der Waals surface area contributed by atoms with Crippen molar-refractivity contribution in [3.8, 4) is 0 Å². The van der Waals surface area contributed by atoms with Gasteiger partial charge in [-0.05, 0) is 12.3 Å². The van der Waals surface area contributed by atoms with Gasteiger partial charge in [0.2, 0.25) is 0 Å². The van der Waals surface area contributed by atoms with Crippen LogP contribution in [0.1, 0.15) is 19.6 Å². The van der Waals surface area contributed by atoms with Crippen LogP contribution in [-0.2, 0) is 4.74 Å². The standard InChI is InChI=1S/C13H17N5O2/c1-3-13(5-19)8(2)4-9(20-13)18-7-17-10-11(14)15-6-16-12(10)18/h3,6-9,19H,1,4-5H2,2H3,(H2,14,15,16). The summed E-state index contributed by atoms with van der Waals surface area (Å²) >= 11 is 0. The Morgan fingerprint density at radius 1 is 1.60 bits per heavy atom. The Balaban J connectivity index is 2.01. The van der Waals surface area contributed by atoms with E-state index < -0.39 is 5.60 Å². The van der Waals surface area contributed by atoms with Gasteiger partial charge in [0, 0.05) is 0 Å². The van der Waals surface area contributed by atoms with Crippen molar-refractivity contribution >= 4 is 17.0 Å². The lowest BCUT2D eigenvalue weighted by atomic mass is 9.89. The van der Waals surface area contributed by atoms with Gasteiger partial charge in [0.15, 0.2) is 11.5 Å². The molecule has 2 aromatic heterocycles. The summed E-state index contributed by atoms with van der Waals surface area (Å²) in [5.74, 6) is 0.489. The molecule has 3 N–H and O–H groups in total. The average Bonchev–Trinajstić information content (AvgIpc) is 3.01. The van der Waals surface area contributed by atoms with Crippen molar-refractivity contribution in [3.05, 3.63) is 25.3 Å². The number of nitrogens with two attached hydrogens (primary N) is 1. The molecule has 0 aliphatic carbocycles. The highest BCUT2D eigenvalue weighted by atomic mass is 16.5. The Morgan fingerprint density at radius 3 is 3.05 bits per heavy atom. The number of hydrogen-bond donors (Lipinski definition) is 2. The molecule has 106 valence electrons. The van der Waals surface area contributed by atoms with Crippen molar-refractivity contribution in [2.45, 2.75) is 25.2 Å². The molecule has 0 amide bonds. The average molecular weight is 275 g/mol. The summed E-state index contributed by atoms with van der Waals surface area (Å²) in [5, 5.41) is 9.59. The van der Waals surface area contributed by atoms with Gasteiger partial charge in [0.1, 0.15) is 23.7 Å². The summed E-state index contributed by atoms with van der Waals surface area (Å²) in [4.78, 5) is 12.4. The Hall–Kier alpha value is -1.99.